The lowest BCUT2D eigenvalue weighted by Crippen LogP contribution is -2.61. The second kappa shape index (κ2) is 5.38. The Morgan fingerprint density at radius 1 is 1.29 bits per heavy atom. The van der Waals surface area contributed by atoms with Crippen LogP contribution in [0.2, 0.25) is 0 Å². The molecule has 0 aromatic carbocycles. The zero-order chi connectivity index (χ0) is 15.1. The molecule has 0 radical (unpaired) electrons. The van der Waals surface area contributed by atoms with E-state index in [2.05, 4.69) is 6.58 Å². The van der Waals surface area contributed by atoms with Gasteiger partial charge in [-0.05, 0) is 43.9 Å². The number of hydrogen-bond acceptors (Lipinski definition) is 5. The molecule has 4 aliphatic rings. The Morgan fingerprint density at radius 3 is 2.48 bits per heavy atom. The Bertz CT molecular complexity index is 418. The molecule has 4 rings (SSSR count). The number of hydrogen-bond donors (Lipinski definition) is 2. The van der Waals surface area contributed by atoms with Crippen LogP contribution in [0.1, 0.15) is 38.5 Å². The number of rotatable bonds is 6. The molecule has 2 N–H and O–H groups in total. The summed E-state index contributed by atoms with van der Waals surface area (Å²) < 4.78 is 11.7. The van der Waals surface area contributed by atoms with Crippen molar-refractivity contribution in [3.8, 4) is 0 Å². The molecule has 0 aromatic rings. The summed E-state index contributed by atoms with van der Waals surface area (Å²) in [4.78, 5) is 11.7. The van der Waals surface area contributed by atoms with Crippen molar-refractivity contribution in [2.24, 2.45) is 11.8 Å². The minimum Gasteiger partial charge on any atom is -0.456 e. The third-order valence-electron chi connectivity index (χ3n) is 5.23. The third-order valence-corrected chi connectivity index (χ3v) is 5.23. The lowest BCUT2D eigenvalue weighted by atomic mass is 9.52. The van der Waals surface area contributed by atoms with Crippen molar-refractivity contribution in [1.82, 2.24) is 0 Å². The van der Waals surface area contributed by atoms with Crippen molar-refractivity contribution in [1.29, 1.82) is 0 Å². The van der Waals surface area contributed by atoms with E-state index >= 15 is 0 Å². The standard InChI is InChI=1S/C16H24O5/c1-2-14(19)21-16-6-11-3-12(7-16)5-15(4-11,10-16)20-9-13(18)8-17/h2,11-13,17-18H,1,3-10H2. The molecule has 4 bridgehead atoms. The highest BCUT2D eigenvalue weighted by Crippen LogP contribution is 2.60. The van der Waals surface area contributed by atoms with Gasteiger partial charge in [0.1, 0.15) is 11.7 Å². The molecule has 0 amide bonds. The molecule has 0 heterocycles. The molecular formula is C16H24O5. The Morgan fingerprint density at radius 2 is 1.90 bits per heavy atom. The molecule has 0 aromatic heterocycles. The van der Waals surface area contributed by atoms with E-state index in [4.69, 9.17) is 14.6 Å². The Balaban J connectivity index is 1.74. The van der Waals surface area contributed by atoms with Gasteiger partial charge in [0.15, 0.2) is 0 Å². The molecule has 21 heavy (non-hydrogen) atoms. The summed E-state index contributed by atoms with van der Waals surface area (Å²) in [5.74, 6) is 0.688. The first-order valence-corrected chi connectivity index (χ1v) is 7.76. The normalized spacial score (nSPS) is 41.8. The van der Waals surface area contributed by atoms with Crippen LogP contribution in [0, 0.1) is 11.8 Å². The maximum atomic E-state index is 11.7. The summed E-state index contributed by atoms with van der Waals surface area (Å²) in [5.41, 5.74) is -0.721. The molecule has 0 spiro atoms. The topological polar surface area (TPSA) is 76.0 Å². The van der Waals surface area contributed by atoms with Crippen LogP contribution in [-0.2, 0) is 14.3 Å². The minimum absolute atomic E-state index is 0.140. The molecule has 3 unspecified atom stereocenters. The third kappa shape index (κ3) is 2.87. The fraction of sp³-hybridized carbons (Fsp3) is 0.812. The van der Waals surface area contributed by atoms with Crippen LogP contribution in [-0.4, -0.2) is 46.7 Å². The lowest BCUT2D eigenvalue weighted by Gasteiger charge is -2.60. The average Bonchev–Trinajstić information content (AvgIpc) is 2.42. The van der Waals surface area contributed by atoms with Gasteiger partial charge in [-0.2, -0.15) is 0 Å². The number of carbonyl (C=O) groups is 1. The van der Waals surface area contributed by atoms with Crippen LogP contribution < -0.4 is 0 Å². The maximum absolute atomic E-state index is 11.7. The molecule has 4 saturated carbocycles. The number of aliphatic hydroxyl groups is 2. The van der Waals surface area contributed by atoms with E-state index in [0.29, 0.717) is 18.3 Å². The average molecular weight is 296 g/mol. The molecule has 3 atom stereocenters. The second-order valence-corrected chi connectivity index (χ2v) is 7.10. The predicted octanol–water partition coefficient (Wildman–Crippen LogP) is 1.18. The molecular weight excluding hydrogens is 272 g/mol. The summed E-state index contributed by atoms with van der Waals surface area (Å²) >= 11 is 0. The van der Waals surface area contributed by atoms with Gasteiger partial charge in [0, 0.05) is 12.5 Å². The van der Waals surface area contributed by atoms with Gasteiger partial charge in [0.25, 0.3) is 0 Å². The van der Waals surface area contributed by atoms with E-state index in [1.807, 2.05) is 0 Å². The van der Waals surface area contributed by atoms with Crippen molar-refractivity contribution < 1.29 is 24.5 Å². The van der Waals surface area contributed by atoms with Gasteiger partial charge in [0.05, 0.1) is 18.8 Å². The summed E-state index contributed by atoms with van der Waals surface area (Å²) in [7, 11) is 0. The zero-order valence-corrected chi connectivity index (χ0v) is 12.3. The van der Waals surface area contributed by atoms with E-state index in [1.165, 1.54) is 12.5 Å². The molecule has 118 valence electrons. The molecule has 5 heteroatoms. The first-order valence-electron chi connectivity index (χ1n) is 7.76. The van der Waals surface area contributed by atoms with Crippen molar-refractivity contribution >= 4 is 5.97 Å². The monoisotopic (exact) mass is 296 g/mol. The van der Waals surface area contributed by atoms with Crippen LogP contribution in [0.4, 0.5) is 0 Å². The van der Waals surface area contributed by atoms with Crippen LogP contribution in [0.15, 0.2) is 12.7 Å². The van der Waals surface area contributed by atoms with Gasteiger partial charge in [-0.15, -0.1) is 0 Å². The molecule has 0 saturated heterocycles. The van der Waals surface area contributed by atoms with Crippen LogP contribution in [0.5, 0.6) is 0 Å². The lowest BCUT2D eigenvalue weighted by molar-refractivity contribution is -0.237. The highest BCUT2D eigenvalue weighted by Gasteiger charge is 2.60. The highest BCUT2D eigenvalue weighted by atomic mass is 16.6. The van der Waals surface area contributed by atoms with Crippen molar-refractivity contribution in [3.63, 3.8) is 0 Å². The summed E-state index contributed by atoms with van der Waals surface area (Å²) in [6, 6.07) is 0. The Kier molecular flexibility index (Phi) is 3.84. The summed E-state index contributed by atoms with van der Waals surface area (Å²) in [6.45, 7) is 3.33. The van der Waals surface area contributed by atoms with Gasteiger partial charge < -0.3 is 19.7 Å². The smallest absolute Gasteiger partial charge is 0.330 e. The van der Waals surface area contributed by atoms with E-state index in [-0.39, 0.29) is 24.8 Å². The molecule has 4 fully saturated rings. The largest absolute Gasteiger partial charge is 0.456 e. The van der Waals surface area contributed by atoms with Crippen molar-refractivity contribution in [3.05, 3.63) is 12.7 Å². The van der Waals surface area contributed by atoms with Gasteiger partial charge in [0.2, 0.25) is 0 Å². The van der Waals surface area contributed by atoms with Crippen LogP contribution in [0.3, 0.4) is 0 Å². The highest BCUT2D eigenvalue weighted by molar-refractivity contribution is 5.81. The fourth-order valence-corrected chi connectivity index (χ4v) is 4.96. The molecule has 0 aliphatic heterocycles. The minimum atomic E-state index is -0.843. The van der Waals surface area contributed by atoms with Gasteiger partial charge in [-0.3, -0.25) is 0 Å². The van der Waals surface area contributed by atoms with Crippen molar-refractivity contribution in [2.45, 2.75) is 55.8 Å². The first-order chi connectivity index (χ1) is 9.98. The number of carbonyl (C=O) groups excluding carboxylic acids is 1. The predicted molar refractivity (Wildman–Crippen MR) is 75.5 cm³/mol. The maximum Gasteiger partial charge on any atom is 0.330 e. The molecule has 4 aliphatic carbocycles. The van der Waals surface area contributed by atoms with Crippen molar-refractivity contribution in [2.75, 3.05) is 13.2 Å². The number of esters is 1. The summed E-state index contributed by atoms with van der Waals surface area (Å²) in [5, 5.41) is 18.5. The summed E-state index contributed by atoms with van der Waals surface area (Å²) in [6.07, 6.45) is 6.02. The fourth-order valence-electron chi connectivity index (χ4n) is 4.96. The zero-order valence-electron chi connectivity index (χ0n) is 12.3. The SMILES string of the molecule is C=CC(=O)OC12CC3CC(CC(OCC(O)CO)(C3)C1)C2. The molecule has 5 nitrogen and oxygen atoms in total. The Labute approximate surface area is 124 Å². The number of ether oxygens (including phenoxy) is 2. The van der Waals surface area contributed by atoms with Crippen LogP contribution in [0.25, 0.3) is 0 Å². The van der Waals surface area contributed by atoms with E-state index < -0.39 is 11.7 Å². The quantitative estimate of drug-likeness (QED) is 0.568. The van der Waals surface area contributed by atoms with Gasteiger partial charge >= 0.3 is 5.97 Å². The van der Waals surface area contributed by atoms with Gasteiger partial charge in [-0.1, -0.05) is 6.58 Å². The Hall–Kier alpha value is -0.910. The van der Waals surface area contributed by atoms with E-state index in [0.717, 1.165) is 25.7 Å². The van der Waals surface area contributed by atoms with Crippen LogP contribution >= 0.6 is 0 Å². The number of aliphatic hydroxyl groups excluding tert-OH is 2. The first kappa shape index (κ1) is 15.0. The van der Waals surface area contributed by atoms with E-state index in [1.54, 1.807) is 0 Å². The second-order valence-electron chi connectivity index (χ2n) is 7.10. The van der Waals surface area contributed by atoms with E-state index in [9.17, 15) is 9.90 Å². The van der Waals surface area contributed by atoms with Gasteiger partial charge in [-0.25, -0.2) is 4.79 Å².